The molecule has 3 aromatic rings. The molecule has 1 aromatic heterocycles. The molecule has 0 atom stereocenters. The van der Waals surface area contributed by atoms with Crippen LogP contribution in [0, 0.1) is 0 Å². The summed E-state index contributed by atoms with van der Waals surface area (Å²) in [4.78, 5) is 30.8. The number of nitrogens with zero attached hydrogens (tertiary/aromatic N) is 2. The maximum atomic E-state index is 12.7. The molecule has 0 bridgehead atoms. The van der Waals surface area contributed by atoms with Crippen LogP contribution in [0.3, 0.4) is 0 Å². The van der Waals surface area contributed by atoms with E-state index in [2.05, 4.69) is 10.3 Å². The zero-order valence-corrected chi connectivity index (χ0v) is 16.1. The number of halogens is 1. The van der Waals surface area contributed by atoms with Gasteiger partial charge in [0, 0.05) is 30.2 Å². The van der Waals surface area contributed by atoms with Crippen LogP contribution in [0.1, 0.15) is 20.8 Å². The number of carbonyl (C=O) groups is 2. The highest BCUT2D eigenvalue weighted by Gasteiger charge is 2.16. The molecule has 7 heteroatoms. The maximum Gasteiger partial charge on any atom is 0.274 e. The first kappa shape index (κ1) is 19.4. The van der Waals surface area contributed by atoms with E-state index in [9.17, 15) is 9.59 Å². The molecule has 0 spiro atoms. The Morgan fingerprint density at radius 1 is 1.07 bits per heavy atom. The van der Waals surface area contributed by atoms with Gasteiger partial charge in [0.1, 0.15) is 11.4 Å². The fourth-order valence-corrected chi connectivity index (χ4v) is 2.85. The number of methoxy groups -OCH3 is 1. The van der Waals surface area contributed by atoms with Crippen molar-refractivity contribution >= 4 is 34.8 Å². The number of anilines is 2. The van der Waals surface area contributed by atoms with Crippen LogP contribution >= 0.6 is 11.6 Å². The summed E-state index contributed by atoms with van der Waals surface area (Å²) in [6.07, 6.45) is 1.43. The Balaban J connectivity index is 1.78. The van der Waals surface area contributed by atoms with Crippen molar-refractivity contribution in [2.24, 2.45) is 0 Å². The molecular formula is C21H18ClN3O3. The average Bonchev–Trinajstić information content (AvgIpc) is 2.73. The number of para-hydroxylation sites is 1. The van der Waals surface area contributed by atoms with Gasteiger partial charge < -0.3 is 15.0 Å². The summed E-state index contributed by atoms with van der Waals surface area (Å²) >= 11 is 6.08. The largest absolute Gasteiger partial charge is 0.495 e. The molecule has 0 fully saturated rings. The van der Waals surface area contributed by atoms with Crippen LogP contribution in [0.4, 0.5) is 11.4 Å². The predicted molar refractivity (Wildman–Crippen MR) is 109 cm³/mol. The van der Waals surface area contributed by atoms with Gasteiger partial charge in [-0.05, 0) is 42.5 Å². The van der Waals surface area contributed by atoms with Crippen molar-refractivity contribution < 1.29 is 14.3 Å². The number of hydrogen-bond acceptors (Lipinski definition) is 4. The SMILES string of the molecule is COc1ccc(NC(=O)c2cc(C(=O)N(C)c3ccccc3)ccn2)cc1Cl. The second kappa shape index (κ2) is 8.54. The second-order valence-corrected chi connectivity index (χ2v) is 6.34. The summed E-state index contributed by atoms with van der Waals surface area (Å²) in [5, 5.41) is 3.09. The standard InChI is InChI=1S/C21H18ClN3O3/c1-25(16-6-4-3-5-7-16)21(27)14-10-11-23-18(12-14)20(26)24-15-8-9-19(28-2)17(22)13-15/h3-13H,1-2H3,(H,24,26). The van der Waals surface area contributed by atoms with Crippen molar-refractivity contribution in [3.8, 4) is 5.75 Å². The van der Waals surface area contributed by atoms with Gasteiger partial charge in [0.2, 0.25) is 0 Å². The van der Waals surface area contributed by atoms with Crippen LogP contribution in [-0.4, -0.2) is 31.0 Å². The third-order valence-corrected chi connectivity index (χ3v) is 4.39. The van der Waals surface area contributed by atoms with Crippen LogP contribution in [0.5, 0.6) is 5.75 Å². The minimum Gasteiger partial charge on any atom is -0.495 e. The van der Waals surface area contributed by atoms with Crippen LogP contribution < -0.4 is 15.0 Å². The number of hydrogen-bond donors (Lipinski definition) is 1. The first-order valence-electron chi connectivity index (χ1n) is 8.43. The number of carbonyl (C=O) groups excluding carboxylic acids is 2. The summed E-state index contributed by atoms with van der Waals surface area (Å²) in [6, 6.07) is 17.2. The minimum atomic E-state index is -0.446. The van der Waals surface area contributed by atoms with Crippen LogP contribution in [0.2, 0.25) is 5.02 Å². The van der Waals surface area contributed by atoms with Crippen LogP contribution in [-0.2, 0) is 0 Å². The highest BCUT2D eigenvalue weighted by molar-refractivity contribution is 6.32. The summed E-state index contributed by atoms with van der Waals surface area (Å²) in [5.74, 6) is -0.178. The molecule has 142 valence electrons. The van der Waals surface area contributed by atoms with Gasteiger partial charge in [-0.3, -0.25) is 14.6 Å². The third-order valence-electron chi connectivity index (χ3n) is 4.10. The number of rotatable bonds is 5. The summed E-state index contributed by atoms with van der Waals surface area (Å²) in [6.45, 7) is 0. The molecule has 6 nitrogen and oxygen atoms in total. The molecule has 1 N–H and O–H groups in total. The molecule has 0 aliphatic carbocycles. The summed E-state index contributed by atoms with van der Waals surface area (Å²) in [5.41, 5.74) is 1.73. The lowest BCUT2D eigenvalue weighted by Gasteiger charge is -2.17. The number of benzene rings is 2. The lowest BCUT2D eigenvalue weighted by atomic mass is 10.2. The van der Waals surface area contributed by atoms with E-state index in [0.717, 1.165) is 5.69 Å². The minimum absolute atomic E-state index is 0.124. The molecular weight excluding hydrogens is 378 g/mol. The third kappa shape index (κ3) is 4.29. The van der Waals surface area contributed by atoms with E-state index in [1.54, 1.807) is 31.3 Å². The Morgan fingerprint density at radius 2 is 1.82 bits per heavy atom. The van der Waals surface area contributed by atoms with Gasteiger partial charge in [0.15, 0.2) is 0 Å². The highest BCUT2D eigenvalue weighted by atomic mass is 35.5. The molecule has 2 aromatic carbocycles. The average molecular weight is 396 g/mol. The molecule has 1 heterocycles. The normalized spacial score (nSPS) is 10.2. The van der Waals surface area contributed by atoms with E-state index >= 15 is 0 Å². The number of ether oxygens (including phenoxy) is 1. The monoisotopic (exact) mass is 395 g/mol. The first-order chi connectivity index (χ1) is 13.5. The Morgan fingerprint density at radius 3 is 2.50 bits per heavy atom. The number of amides is 2. The zero-order chi connectivity index (χ0) is 20.1. The van der Waals surface area contributed by atoms with Crippen molar-refractivity contribution in [1.29, 1.82) is 0 Å². The summed E-state index contributed by atoms with van der Waals surface area (Å²) < 4.78 is 5.09. The van der Waals surface area contributed by atoms with E-state index in [4.69, 9.17) is 16.3 Å². The van der Waals surface area contributed by atoms with Crippen LogP contribution in [0.15, 0.2) is 66.9 Å². The Labute approximate surface area is 167 Å². The fourth-order valence-electron chi connectivity index (χ4n) is 2.59. The Hall–Kier alpha value is -3.38. The van der Waals surface area contributed by atoms with Crippen molar-refractivity contribution in [1.82, 2.24) is 4.98 Å². The van der Waals surface area contributed by atoms with Gasteiger partial charge in [-0.2, -0.15) is 0 Å². The Bertz CT molecular complexity index is 1010. The number of pyridine rings is 1. The predicted octanol–water partition coefficient (Wildman–Crippen LogP) is 4.27. The number of nitrogens with one attached hydrogen (secondary N) is 1. The second-order valence-electron chi connectivity index (χ2n) is 5.93. The van der Waals surface area contributed by atoms with Gasteiger partial charge >= 0.3 is 0 Å². The Kier molecular flexibility index (Phi) is 5.91. The van der Waals surface area contributed by atoms with Gasteiger partial charge in [0.05, 0.1) is 12.1 Å². The van der Waals surface area contributed by atoms with Crippen molar-refractivity contribution in [3.63, 3.8) is 0 Å². The lowest BCUT2D eigenvalue weighted by Crippen LogP contribution is -2.26. The molecule has 0 unspecified atom stereocenters. The van der Waals surface area contributed by atoms with Gasteiger partial charge in [0.25, 0.3) is 11.8 Å². The molecule has 0 radical (unpaired) electrons. The van der Waals surface area contributed by atoms with E-state index in [-0.39, 0.29) is 11.6 Å². The molecule has 0 saturated heterocycles. The molecule has 0 aliphatic heterocycles. The fraction of sp³-hybridized carbons (Fsp3) is 0.0952. The van der Waals surface area contributed by atoms with Gasteiger partial charge in [-0.1, -0.05) is 29.8 Å². The topological polar surface area (TPSA) is 71.5 Å². The first-order valence-corrected chi connectivity index (χ1v) is 8.81. The van der Waals surface area contributed by atoms with E-state index in [1.165, 1.54) is 24.3 Å². The quantitative estimate of drug-likeness (QED) is 0.700. The molecule has 2 amide bonds. The van der Waals surface area contributed by atoms with Crippen LogP contribution in [0.25, 0.3) is 0 Å². The molecule has 28 heavy (non-hydrogen) atoms. The van der Waals surface area contributed by atoms with Crippen molar-refractivity contribution in [2.75, 3.05) is 24.4 Å². The molecule has 3 rings (SSSR count). The zero-order valence-electron chi connectivity index (χ0n) is 15.3. The lowest BCUT2D eigenvalue weighted by molar-refractivity contribution is 0.0993. The highest BCUT2D eigenvalue weighted by Crippen LogP contribution is 2.27. The smallest absolute Gasteiger partial charge is 0.274 e. The molecule has 0 saturated carbocycles. The van der Waals surface area contributed by atoms with Gasteiger partial charge in [-0.15, -0.1) is 0 Å². The van der Waals surface area contributed by atoms with E-state index in [1.807, 2.05) is 30.3 Å². The molecule has 0 aliphatic rings. The van der Waals surface area contributed by atoms with Crippen molar-refractivity contribution in [2.45, 2.75) is 0 Å². The van der Waals surface area contributed by atoms with Crippen molar-refractivity contribution in [3.05, 3.63) is 83.1 Å². The maximum absolute atomic E-state index is 12.7. The summed E-state index contributed by atoms with van der Waals surface area (Å²) in [7, 11) is 3.19. The van der Waals surface area contributed by atoms with E-state index < -0.39 is 5.91 Å². The van der Waals surface area contributed by atoms with Gasteiger partial charge in [-0.25, -0.2) is 0 Å². The van der Waals surface area contributed by atoms with E-state index in [0.29, 0.717) is 22.0 Å². The number of aromatic nitrogens is 1.